The Hall–Kier alpha value is -2.69. The zero-order valence-electron chi connectivity index (χ0n) is 15.2. The second-order valence-corrected chi connectivity index (χ2v) is 6.48. The van der Waals surface area contributed by atoms with Gasteiger partial charge in [0, 0.05) is 31.5 Å². The summed E-state index contributed by atoms with van der Waals surface area (Å²) in [5.41, 5.74) is 3.84. The molecule has 2 rings (SSSR count). The number of hydrogen-bond donors (Lipinski definition) is 1. The molecule has 1 N–H and O–H groups in total. The van der Waals surface area contributed by atoms with Crippen molar-refractivity contribution in [2.24, 2.45) is 0 Å². The predicted molar refractivity (Wildman–Crippen MR) is 99.2 cm³/mol. The van der Waals surface area contributed by atoms with Gasteiger partial charge in [0.25, 0.3) is 0 Å². The topological polar surface area (TPSA) is 62.3 Å². The van der Waals surface area contributed by atoms with Crippen LogP contribution in [-0.4, -0.2) is 28.2 Å². The largest absolute Gasteiger partial charge is 0.329 e. The van der Waals surface area contributed by atoms with Crippen molar-refractivity contribution < 1.29 is 9.59 Å². The molecule has 132 valence electrons. The summed E-state index contributed by atoms with van der Waals surface area (Å²) in [6, 6.07) is 9.69. The third kappa shape index (κ3) is 5.14. The third-order valence-corrected chi connectivity index (χ3v) is 4.07. The number of hydrogen-bond acceptors (Lipinski definition) is 3. The number of carbonyl (C=O) groups is 2. The maximum atomic E-state index is 12.5. The van der Waals surface area contributed by atoms with Crippen molar-refractivity contribution >= 4 is 17.5 Å². The van der Waals surface area contributed by atoms with Gasteiger partial charge in [0.1, 0.15) is 6.54 Å². The Bertz CT molecular complexity index is 742. The summed E-state index contributed by atoms with van der Waals surface area (Å²) in [5, 5.41) is 2.98. The van der Waals surface area contributed by atoms with Crippen LogP contribution in [0.3, 0.4) is 0 Å². The van der Waals surface area contributed by atoms with Crippen LogP contribution in [0.25, 0.3) is 0 Å². The summed E-state index contributed by atoms with van der Waals surface area (Å²) in [6.45, 7) is 8.00. The zero-order valence-corrected chi connectivity index (χ0v) is 15.2. The highest BCUT2D eigenvalue weighted by atomic mass is 16.2. The minimum absolute atomic E-state index is 0.0100. The fraction of sp³-hybridized carbons (Fsp3) is 0.350. The number of anilines is 1. The van der Waals surface area contributed by atoms with Crippen LogP contribution >= 0.6 is 0 Å². The average molecular weight is 339 g/mol. The first-order valence-corrected chi connectivity index (χ1v) is 8.42. The Balaban J connectivity index is 2.11. The van der Waals surface area contributed by atoms with Crippen molar-refractivity contribution in [3.05, 3.63) is 59.4 Å². The van der Waals surface area contributed by atoms with E-state index in [1.165, 1.54) is 11.8 Å². The van der Waals surface area contributed by atoms with Gasteiger partial charge >= 0.3 is 0 Å². The van der Waals surface area contributed by atoms with Gasteiger partial charge in [-0.25, -0.2) is 0 Å². The number of aryl methyl sites for hydroxylation is 1. The number of amides is 2. The molecule has 0 atom stereocenters. The molecule has 0 aliphatic rings. The lowest BCUT2D eigenvalue weighted by atomic mass is 9.98. The van der Waals surface area contributed by atoms with Crippen LogP contribution < -0.4 is 5.32 Å². The molecule has 0 saturated heterocycles. The fourth-order valence-corrected chi connectivity index (χ4v) is 2.69. The highest BCUT2D eigenvalue weighted by molar-refractivity contribution is 5.95. The number of nitrogens with zero attached hydrogens (tertiary/aromatic N) is 2. The number of benzene rings is 1. The van der Waals surface area contributed by atoms with E-state index in [-0.39, 0.29) is 18.4 Å². The molecule has 1 aromatic carbocycles. The first-order valence-electron chi connectivity index (χ1n) is 8.42. The first-order chi connectivity index (χ1) is 11.9. The summed E-state index contributed by atoms with van der Waals surface area (Å²) < 4.78 is 0. The predicted octanol–water partition coefficient (Wildman–Crippen LogP) is 3.50. The van der Waals surface area contributed by atoms with E-state index in [0.717, 1.165) is 22.4 Å². The smallest absolute Gasteiger partial charge is 0.244 e. The van der Waals surface area contributed by atoms with Gasteiger partial charge in [-0.05, 0) is 35.6 Å². The second-order valence-electron chi connectivity index (χ2n) is 6.48. The Kier molecular flexibility index (Phi) is 6.28. The van der Waals surface area contributed by atoms with Gasteiger partial charge in [0.15, 0.2) is 0 Å². The summed E-state index contributed by atoms with van der Waals surface area (Å²) in [4.78, 5) is 30.0. The van der Waals surface area contributed by atoms with Crippen LogP contribution in [0.15, 0.2) is 42.7 Å². The van der Waals surface area contributed by atoms with Crippen molar-refractivity contribution in [2.45, 2.75) is 40.2 Å². The van der Waals surface area contributed by atoms with Crippen molar-refractivity contribution in [3.8, 4) is 0 Å². The van der Waals surface area contributed by atoms with Gasteiger partial charge < -0.3 is 10.2 Å². The third-order valence-electron chi connectivity index (χ3n) is 4.07. The average Bonchev–Trinajstić information content (AvgIpc) is 2.56. The van der Waals surface area contributed by atoms with E-state index in [4.69, 9.17) is 0 Å². The minimum atomic E-state index is -0.199. The van der Waals surface area contributed by atoms with Crippen LogP contribution in [0.2, 0.25) is 0 Å². The zero-order chi connectivity index (χ0) is 18.4. The maximum absolute atomic E-state index is 12.5. The SMILES string of the molecule is CC(=O)N(CC(=O)Nc1c(C)cccc1C(C)C)Cc1cccnc1. The molecule has 1 heterocycles. The first kappa shape index (κ1) is 18.6. The normalized spacial score (nSPS) is 10.6. The van der Waals surface area contributed by atoms with Gasteiger partial charge in [-0.3, -0.25) is 14.6 Å². The monoisotopic (exact) mass is 339 g/mol. The Morgan fingerprint density at radius 2 is 1.96 bits per heavy atom. The second kappa shape index (κ2) is 8.42. The van der Waals surface area contributed by atoms with E-state index in [2.05, 4.69) is 24.1 Å². The van der Waals surface area contributed by atoms with Crippen LogP contribution in [0.5, 0.6) is 0 Å². The number of aromatic nitrogens is 1. The lowest BCUT2D eigenvalue weighted by Gasteiger charge is -2.22. The van der Waals surface area contributed by atoms with Crippen molar-refractivity contribution in [1.29, 1.82) is 0 Å². The molecule has 0 fully saturated rings. The molecule has 5 heteroatoms. The Morgan fingerprint density at radius 3 is 2.56 bits per heavy atom. The van der Waals surface area contributed by atoms with Crippen LogP contribution in [0.4, 0.5) is 5.69 Å². The molecule has 5 nitrogen and oxygen atoms in total. The molecule has 25 heavy (non-hydrogen) atoms. The number of rotatable bonds is 6. The molecule has 0 bridgehead atoms. The number of nitrogens with one attached hydrogen (secondary N) is 1. The Labute approximate surface area is 149 Å². The summed E-state index contributed by atoms with van der Waals surface area (Å²) >= 11 is 0. The summed E-state index contributed by atoms with van der Waals surface area (Å²) in [5.74, 6) is -0.0438. The highest BCUT2D eigenvalue weighted by Gasteiger charge is 2.17. The van der Waals surface area contributed by atoms with E-state index >= 15 is 0 Å². The van der Waals surface area contributed by atoms with Gasteiger partial charge in [0.2, 0.25) is 11.8 Å². The quantitative estimate of drug-likeness (QED) is 0.876. The van der Waals surface area contributed by atoms with Crippen LogP contribution in [0.1, 0.15) is 43.4 Å². The molecular weight excluding hydrogens is 314 g/mol. The molecule has 1 aromatic heterocycles. The van der Waals surface area contributed by atoms with Gasteiger partial charge in [-0.1, -0.05) is 38.1 Å². The van der Waals surface area contributed by atoms with Crippen LogP contribution in [-0.2, 0) is 16.1 Å². The summed E-state index contributed by atoms with van der Waals surface area (Å²) in [6.07, 6.45) is 3.38. The van der Waals surface area contributed by atoms with Gasteiger partial charge in [-0.2, -0.15) is 0 Å². The van der Waals surface area contributed by atoms with Crippen molar-refractivity contribution in [2.75, 3.05) is 11.9 Å². The molecule has 0 unspecified atom stereocenters. The number of carbonyl (C=O) groups excluding carboxylic acids is 2. The lowest BCUT2D eigenvalue weighted by molar-refractivity contribution is -0.133. The van der Waals surface area contributed by atoms with E-state index < -0.39 is 0 Å². The molecule has 2 aromatic rings. The lowest BCUT2D eigenvalue weighted by Crippen LogP contribution is -2.36. The molecular formula is C20H25N3O2. The molecule has 0 aliphatic heterocycles. The molecule has 0 saturated carbocycles. The van der Waals surface area contributed by atoms with Crippen molar-refractivity contribution in [1.82, 2.24) is 9.88 Å². The van der Waals surface area contributed by atoms with E-state index in [1.807, 2.05) is 37.3 Å². The van der Waals surface area contributed by atoms with E-state index in [9.17, 15) is 9.59 Å². The standard InChI is InChI=1S/C20H25N3O2/c1-14(2)18-9-5-7-15(3)20(18)22-19(25)13-23(16(4)24)12-17-8-6-10-21-11-17/h5-11,14H,12-13H2,1-4H3,(H,22,25). The van der Waals surface area contributed by atoms with Gasteiger partial charge in [-0.15, -0.1) is 0 Å². The molecule has 0 spiro atoms. The van der Waals surface area contributed by atoms with E-state index in [0.29, 0.717) is 12.5 Å². The molecule has 0 radical (unpaired) electrons. The van der Waals surface area contributed by atoms with Crippen molar-refractivity contribution in [3.63, 3.8) is 0 Å². The van der Waals surface area contributed by atoms with Crippen LogP contribution in [0, 0.1) is 6.92 Å². The minimum Gasteiger partial charge on any atom is -0.329 e. The van der Waals surface area contributed by atoms with E-state index in [1.54, 1.807) is 12.4 Å². The van der Waals surface area contributed by atoms with Gasteiger partial charge in [0.05, 0.1) is 0 Å². The highest BCUT2D eigenvalue weighted by Crippen LogP contribution is 2.27. The molecule has 0 aliphatic carbocycles. The molecule has 2 amide bonds. The maximum Gasteiger partial charge on any atom is 0.244 e. The fourth-order valence-electron chi connectivity index (χ4n) is 2.69. The number of para-hydroxylation sites is 1. The Morgan fingerprint density at radius 1 is 1.20 bits per heavy atom. The number of pyridine rings is 1. The summed E-state index contributed by atoms with van der Waals surface area (Å²) in [7, 11) is 0.